The van der Waals surface area contributed by atoms with Gasteiger partial charge in [0, 0.05) is 21.4 Å². The van der Waals surface area contributed by atoms with Crippen LogP contribution in [-0.2, 0) is 12.8 Å². The van der Waals surface area contributed by atoms with Crippen molar-refractivity contribution in [2.75, 3.05) is 19.5 Å². The molecule has 1 aliphatic rings. The Balaban J connectivity index is 1.36. The Morgan fingerprint density at radius 3 is 2.44 bits per heavy atom. The first-order chi connectivity index (χ1) is 19.7. The largest absolute Gasteiger partial charge is 0.497 e. The van der Waals surface area contributed by atoms with Crippen LogP contribution in [-0.4, -0.2) is 25.1 Å². The van der Waals surface area contributed by atoms with Gasteiger partial charge in [0.25, 0.3) is 5.91 Å². The highest BCUT2D eigenvalue weighted by atomic mass is 32.1. The van der Waals surface area contributed by atoms with E-state index in [2.05, 4.69) is 15.6 Å². The fourth-order valence-electron chi connectivity index (χ4n) is 4.63. The van der Waals surface area contributed by atoms with E-state index in [0.717, 1.165) is 28.5 Å². The number of ether oxygens (including phenoxy) is 3. The summed E-state index contributed by atoms with van der Waals surface area (Å²) in [6, 6.07) is 17.2. The number of anilines is 1. The maximum Gasteiger partial charge on any atom is 0.433 e. The quantitative estimate of drug-likeness (QED) is 0.202. The van der Waals surface area contributed by atoms with Crippen LogP contribution in [0.3, 0.4) is 0 Å². The molecule has 0 radical (unpaired) electrons. The molecule has 1 unspecified atom stereocenters. The number of amides is 1. The van der Waals surface area contributed by atoms with E-state index >= 15 is 0 Å². The molecule has 3 aromatic heterocycles. The van der Waals surface area contributed by atoms with Gasteiger partial charge in [-0.05, 0) is 59.5 Å². The molecule has 210 valence electrons. The number of methoxy groups -OCH3 is 2. The molecule has 0 fully saturated rings. The van der Waals surface area contributed by atoms with Gasteiger partial charge in [-0.3, -0.25) is 4.79 Å². The zero-order valence-electron chi connectivity index (χ0n) is 21.7. The molecule has 1 aliphatic heterocycles. The lowest BCUT2D eigenvalue weighted by Gasteiger charge is -2.27. The second-order valence-electron chi connectivity index (χ2n) is 9.10. The predicted octanol–water partition coefficient (Wildman–Crippen LogP) is 7.49. The molecule has 2 aromatic carbocycles. The topological polar surface area (TPSA) is 81.7 Å². The maximum absolute atomic E-state index is 13.7. The van der Waals surface area contributed by atoms with Gasteiger partial charge in [0.1, 0.15) is 45.4 Å². The van der Waals surface area contributed by atoms with Gasteiger partial charge in [-0.2, -0.15) is 13.2 Å². The van der Waals surface area contributed by atoms with Crippen LogP contribution in [0, 0.1) is 0 Å². The number of carbonyl (C=O) groups excluding carboxylic acids is 1. The maximum atomic E-state index is 13.7. The summed E-state index contributed by atoms with van der Waals surface area (Å²) in [6.45, 7) is 0.198. The smallest absolute Gasteiger partial charge is 0.433 e. The van der Waals surface area contributed by atoms with Crippen molar-refractivity contribution in [1.82, 2.24) is 10.3 Å². The number of fused-ring (bicyclic) bond motifs is 3. The Hall–Kier alpha value is -4.29. The first-order valence-electron chi connectivity index (χ1n) is 12.3. The van der Waals surface area contributed by atoms with Gasteiger partial charge in [0.05, 0.1) is 19.9 Å². The van der Waals surface area contributed by atoms with Crippen LogP contribution in [0.5, 0.6) is 17.2 Å². The van der Waals surface area contributed by atoms with E-state index < -0.39 is 23.9 Å². The normalized spacial score (nSPS) is 14.8. The van der Waals surface area contributed by atoms with Gasteiger partial charge >= 0.3 is 6.18 Å². The van der Waals surface area contributed by atoms with Crippen LogP contribution in [0.15, 0.2) is 66.0 Å². The van der Waals surface area contributed by atoms with Crippen molar-refractivity contribution < 1.29 is 32.2 Å². The molecule has 2 N–H and O–H groups in total. The van der Waals surface area contributed by atoms with E-state index in [1.54, 1.807) is 62.1 Å². The van der Waals surface area contributed by atoms with Crippen molar-refractivity contribution in [3.63, 3.8) is 0 Å². The Kier molecular flexibility index (Phi) is 6.96. The van der Waals surface area contributed by atoms with E-state index in [-0.39, 0.29) is 16.3 Å². The number of hydrogen-bond donors (Lipinski definition) is 2. The van der Waals surface area contributed by atoms with E-state index in [9.17, 15) is 18.0 Å². The van der Waals surface area contributed by atoms with Crippen molar-refractivity contribution in [2.24, 2.45) is 0 Å². The Bertz CT molecular complexity index is 1740. The number of thiophene rings is 2. The average molecular weight is 598 g/mol. The summed E-state index contributed by atoms with van der Waals surface area (Å²) in [7, 11) is 3.15. The van der Waals surface area contributed by atoms with Crippen LogP contribution in [0.25, 0.3) is 20.7 Å². The second-order valence-corrected chi connectivity index (χ2v) is 11.0. The lowest BCUT2D eigenvalue weighted by atomic mass is 10.0. The van der Waals surface area contributed by atoms with Crippen molar-refractivity contribution in [3.8, 4) is 27.7 Å². The average Bonchev–Trinajstić information content (AvgIpc) is 3.64. The zero-order valence-corrected chi connectivity index (χ0v) is 23.3. The first-order valence-corrected chi connectivity index (χ1v) is 14.0. The van der Waals surface area contributed by atoms with Crippen molar-refractivity contribution in [3.05, 3.63) is 87.7 Å². The number of aromatic nitrogens is 1. The molecular weight excluding hydrogens is 575 g/mol. The molecular formula is C29H22F3N3O4S2. The minimum atomic E-state index is -4.63. The van der Waals surface area contributed by atoms with Crippen LogP contribution >= 0.6 is 22.7 Å². The molecule has 4 heterocycles. The highest BCUT2D eigenvalue weighted by Gasteiger charge is 2.36. The van der Waals surface area contributed by atoms with Crippen LogP contribution in [0.1, 0.15) is 32.7 Å². The molecule has 1 atom stereocenters. The van der Waals surface area contributed by atoms with Gasteiger partial charge in [-0.25, -0.2) is 4.98 Å². The number of alkyl halides is 3. The highest BCUT2D eigenvalue weighted by molar-refractivity contribution is 7.21. The summed E-state index contributed by atoms with van der Waals surface area (Å²) in [4.78, 5) is 18.2. The number of nitrogens with one attached hydrogen (secondary N) is 2. The number of carbonyl (C=O) groups is 1. The van der Waals surface area contributed by atoms with Crippen molar-refractivity contribution in [1.29, 1.82) is 0 Å². The van der Waals surface area contributed by atoms with Crippen molar-refractivity contribution in [2.45, 2.75) is 18.9 Å². The fourth-order valence-corrected chi connectivity index (χ4v) is 6.45. The van der Waals surface area contributed by atoms with E-state index in [1.165, 1.54) is 11.3 Å². The van der Waals surface area contributed by atoms with Gasteiger partial charge < -0.3 is 24.8 Å². The van der Waals surface area contributed by atoms with Gasteiger partial charge in [-0.1, -0.05) is 12.1 Å². The minimum Gasteiger partial charge on any atom is -0.497 e. The molecule has 41 heavy (non-hydrogen) atoms. The number of nitrogens with zero attached hydrogens (tertiary/aromatic N) is 1. The number of rotatable bonds is 7. The lowest BCUT2D eigenvalue weighted by molar-refractivity contribution is -0.140. The van der Waals surface area contributed by atoms with Gasteiger partial charge in [0.15, 0.2) is 0 Å². The zero-order chi connectivity index (χ0) is 28.7. The summed E-state index contributed by atoms with van der Waals surface area (Å²) in [5.74, 6) is 1.56. The SMILES string of the molecule is COc1ccc(OCc2cc(C3NC(=O)c4sc5nc(C(F)(F)F)cc(-c6cccs6)c5c4N3)ccc2OC)cc1. The van der Waals surface area contributed by atoms with Crippen LogP contribution in [0.4, 0.5) is 18.9 Å². The summed E-state index contributed by atoms with van der Waals surface area (Å²) in [5.41, 5.74) is 1.29. The molecule has 5 aromatic rings. The third kappa shape index (κ3) is 5.16. The monoisotopic (exact) mass is 597 g/mol. The van der Waals surface area contributed by atoms with Crippen LogP contribution < -0.4 is 24.8 Å². The number of pyridine rings is 1. The van der Waals surface area contributed by atoms with Gasteiger partial charge in [0.2, 0.25) is 0 Å². The fraction of sp³-hybridized carbons (Fsp3) is 0.172. The standard InChI is InChI=1S/C29H22F3N3O4S2/c1-37-17-6-8-18(9-7-17)39-14-16-12-15(5-10-20(16)38-2)26-34-24-23-19(21-4-3-11-40-21)13-22(29(30,31)32)33-28(23)41-25(24)27(36)35-26/h3-13,26,34H,14H2,1-2H3,(H,35,36). The predicted molar refractivity (Wildman–Crippen MR) is 152 cm³/mol. The molecule has 0 saturated carbocycles. The summed E-state index contributed by atoms with van der Waals surface area (Å²) >= 11 is 2.25. The number of halogens is 3. The first kappa shape index (κ1) is 26.9. The molecule has 7 nitrogen and oxygen atoms in total. The Labute approximate surface area is 240 Å². The third-order valence-corrected chi connectivity index (χ3v) is 8.59. The summed E-state index contributed by atoms with van der Waals surface area (Å²) < 4.78 is 57.8. The lowest BCUT2D eigenvalue weighted by Crippen LogP contribution is -2.37. The van der Waals surface area contributed by atoms with E-state index in [0.29, 0.717) is 38.8 Å². The molecule has 0 aliphatic carbocycles. The minimum absolute atomic E-state index is 0.139. The summed E-state index contributed by atoms with van der Waals surface area (Å²) in [5, 5.41) is 8.54. The molecule has 1 amide bonds. The number of benzene rings is 2. The molecule has 0 bridgehead atoms. The van der Waals surface area contributed by atoms with Crippen LogP contribution in [0.2, 0.25) is 0 Å². The highest BCUT2D eigenvalue weighted by Crippen LogP contribution is 2.46. The van der Waals surface area contributed by atoms with Crippen molar-refractivity contribution >= 4 is 44.5 Å². The molecule has 0 saturated heterocycles. The molecule has 6 rings (SSSR count). The Morgan fingerprint density at radius 1 is 0.976 bits per heavy atom. The number of hydrogen-bond acceptors (Lipinski definition) is 8. The Morgan fingerprint density at radius 2 is 1.76 bits per heavy atom. The van der Waals surface area contributed by atoms with Gasteiger partial charge in [-0.15, -0.1) is 22.7 Å². The third-order valence-electron chi connectivity index (χ3n) is 6.60. The molecule has 12 heteroatoms. The van der Waals surface area contributed by atoms with E-state index in [4.69, 9.17) is 14.2 Å². The second kappa shape index (κ2) is 10.6. The summed E-state index contributed by atoms with van der Waals surface area (Å²) in [6.07, 6.45) is -5.28. The molecule has 0 spiro atoms. The van der Waals surface area contributed by atoms with E-state index in [1.807, 2.05) is 12.1 Å².